The Labute approximate surface area is 105 Å². The van der Waals surface area contributed by atoms with Crippen LogP contribution in [0.15, 0.2) is 29.2 Å². The predicted octanol–water partition coefficient (Wildman–Crippen LogP) is 1.66. The van der Waals surface area contributed by atoms with Crippen LogP contribution >= 0.6 is 11.8 Å². The highest BCUT2D eigenvalue weighted by atomic mass is 32.2. The molecular formula is C11H15N5S. The fraction of sp³-hybridized carbons (Fsp3) is 0.364. The average Bonchev–Trinajstić information content (AvgIpc) is 2.87. The molecule has 0 radical (unpaired) electrons. The quantitative estimate of drug-likeness (QED) is 0.835. The lowest BCUT2D eigenvalue weighted by Crippen LogP contribution is -2.17. The molecule has 0 aliphatic carbocycles. The van der Waals surface area contributed by atoms with E-state index >= 15 is 0 Å². The second-order valence-corrected chi connectivity index (χ2v) is 4.54. The molecule has 17 heavy (non-hydrogen) atoms. The first-order chi connectivity index (χ1) is 8.26. The van der Waals surface area contributed by atoms with E-state index in [1.54, 1.807) is 16.4 Å². The molecule has 90 valence electrons. The number of hydrogen-bond donors (Lipinski definition) is 1. The Morgan fingerprint density at radius 1 is 1.29 bits per heavy atom. The zero-order valence-electron chi connectivity index (χ0n) is 10.1. The molecule has 1 unspecified atom stereocenters. The van der Waals surface area contributed by atoms with Crippen LogP contribution in [0.4, 0.5) is 0 Å². The lowest BCUT2D eigenvalue weighted by molar-refractivity contribution is 0.588. The van der Waals surface area contributed by atoms with Crippen LogP contribution in [0.2, 0.25) is 0 Å². The van der Waals surface area contributed by atoms with E-state index in [2.05, 4.69) is 39.2 Å². The van der Waals surface area contributed by atoms with Gasteiger partial charge in [0.05, 0.1) is 11.7 Å². The minimum Gasteiger partial charge on any atom is -0.311 e. The number of thioether (sulfide) groups is 1. The maximum atomic E-state index is 4.04. The number of nitrogens with zero attached hydrogens (tertiary/aromatic N) is 4. The summed E-state index contributed by atoms with van der Waals surface area (Å²) in [5, 5.41) is 14.9. The van der Waals surface area contributed by atoms with Gasteiger partial charge < -0.3 is 5.32 Å². The number of tetrazole rings is 1. The van der Waals surface area contributed by atoms with Gasteiger partial charge in [-0.3, -0.25) is 0 Å². The fourth-order valence-electron chi connectivity index (χ4n) is 1.50. The molecule has 2 aromatic rings. The van der Waals surface area contributed by atoms with Crippen molar-refractivity contribution in [3.05, 3.63) is 30.1 Å². The summed E-state index contributed by atoms with van der Waals surface area (Å²) in [6.07, 6.45) is 2.06. The molecule has 0 aliphatic heterocycles. The Bertz CT molecular complexity index is 479. The highest BCUT2D eigenvalue weighted by Gasteiger charge is 2.13. The molecule has 1 aromatic carbocycles. The minimum atomic E-state index is 0.116. The number of hydrogen-bond acceptors (Lipinski definition) is 5. The first-order valence-corrected chi connectivity index (χ1v) is 6.58. The van der Waals surface area contributed by atoms with Gasteiger partial charge in [-0.25, -0.2) is 0 Å². The molecule has 0 aliphatic rings. The van der Waals surface area contributed by atoms with Gasteiger partial charge in [0, 0.05) is 4.90 Å². The van der Waals surface area contributed by atoms with E-state index < -0.39 is 0 Å². The predicted molar refractivity (Wildman–Crippen MR) is 68.4 cm³/mol. The van der Waals surface area contributed by atoms with Crippen LogP contribution in [0, 0.1) is 0 Å². The molecule has 1 atom stereocenters. The van der Waals surface area contributed by atoms with Crippen molar-refractivity contribution < 1.29 is 0 Å². The number of benzene rings is 1. The van der Waals surface area contributed by atoms with Gasteiger partial charge in [-0.15, -0.1) is 16.9 Å². The molecule has 0 spiro atoms. The molecule has 1 heterocycles. The van der Waals surface area contributed by atoms with Gasteiger partial charge in [0.1, 0.15) is 0 Å². The molecular weight excluding hydrogens is 234 g/mol. The Kier molecular flexibility index (Phi) is 3.75. The summed E-state index contributed by atoms with van der Waals surface area (Å²) in [7, 11) is 1.89. The number of aromatic nitrogens is 4. The van der Waals surface area contributed by atoms with Gasteiger partial charge in [0.15, 0.2) is 5.82 Å². The van der Waals surface area contributed by atoms with Crippen LogP contribution < -0.4 is 5.32 Å². The summed E-state index contributed by atoms with van der Waals surface area (Å²) in [5.74, 6) is 0.810. The van der Waals surface area contributed by atoms with E-state index in [9.17, 15) is 0 Å². The lowest BCUT2D eigenvalue weighted by atomic mass is 10.3. The molecule has 1 N–H and O–H groups in total. The summed E-state index contributed by atoms with van der Waals surface area (Å²) in [4.78, 5) is 1.23. The third-order valence-corrected chi connectivity index (χ3v) is 3.37. The molecule has 0 amide bonds. The topological polar surface area (TPSA) is 55.6 Å². The molecule has 2 rings (SSSR count). The Morgan fingerprint density at radius 2 is 2.00 bits per heavy atom. The van der Waals surface area contributed by atoms with Gasteiger partial charge in [0.25, 0.3) is 0 Å². The van der Waals surface area contributed by atoms with Crippen LogP contribution in [-0.4, -0.2) is 33.5 Å². The molecule has 1 aromatic heterocycles. The van der Waals surface area contributed by atoms with Crippen LogP contribution in [0.1, 0.15) is 18.8 Å². The van der Waals surface area contributed by atoms with Crippen LogP contribution in [0.25, 0.3) is 5.69 Å². The van der Waals surface area contributed by atoms with E-state index in [4.69, 9.17) is 0 Å². The van der Waals surface area contributed by atoms with Gasteiger partial charge in [0.2, 0.25) is 0 Å². The first kappa shape index (κ1) is 12.1. The number of nitrogens with one attached hydrogen (secondary N) is 1. The second-order valence-electron chi connectivity index (χ2n) is 3.66. The van der Waals surface area contributed by atoms with E-state index in [1.165, 1.54) is 4.90 Å². The summed E-state index contributed by atoms with van der Waals surface area (Å²) in [5.41, 5.74) is 0.977. The summed E-state index contributed by atoms with van der Waals surface area (Å²) < 4.78 is 1.76. The Balaban J connectivity index is 2.35. The standard InChI is InChI=1S/C11H15N5S/c1-8(12-2)11-13-14-15-16(11)9-4-6-10(17-3)7-5-9/h4-8,12H,1-3H3. The van der Waals surface area contributed by atoms with Crippen molar-refractivity contribution in [3.63, 3.8) is 0 Å². The first-order valence-electron chi connectivity index (χ1n) is 5.36. The number of rotatable bonds is 4. The van der Waals surface area contributed by atoms with Crippen molar-refractivity contribution >= 4 is 11.8 Å². The molecule has 0 bridgehead atoms. The van der Waals surface area contributed by atoms with Crippen molar-refractivity contribution in [2.24, 2.45) is 0 Å². The SMILES string of the molecule is CNC(C)c1nnnn1-c1ccc(SC)cc1. The molecule has 5 nitrogen and oxygen atoms in total. The summed E-state index contributed by atoms with van der Waals surface area (Å²) >= 11 is 1.72. The largest absolute Gasteiger partial charge is 0.311 e. The molecule has 0 saturated heterocycles. The van der Waals surface area contributed by atoms with Crippen LogP contribution in [0.5, 0.6) is 0 Å². The lowest BCUT2D eigenvalue weighted by Gasteiger charge is -2.10. The summed E-state index contributed by atoms with van der Waals surface area (Å²) in [6, 6.07) is 8.29. The van der Waals surface area contributed by atoms with Crippen molar-refractivity contribution in [1.82, 2.24) is 25.5 Å². The highest BCUT2D eigenvalue weighted by molar-refractivity contribution is 7.98. The van der Waals surface area contributed by atoms with Crippen molar-refractivity contribution in [2.75, 3.05) is 13.3 Å². The third kappa shape index (κ3) is 2.48. The smallest absolute Gasteiger partial charge is 0.173 e. The maximum absolute atomic E-state index is 4.04. The van der Waals surface area contributed by atoms with Crippen molar-refractivity contribution in [2.45, 2.75) is 17.9 Å². The van der Waals surface area contributed by atoms with Crippen molar-refractivity contribution in [3.8, 4) is 5.69 Å². The van der Waals surface area contributed by atoms with Gasteiger partial charge in [-0.1, -0.05) is 0 Å². The van der Waals surface area contributed by atoms with Gasteiger partial charge >= 0.3 is 0 Å². The van der Waals surface area contributed by atoms with E-state index in [0.717, 1.165) is 11.5 Å². The maximum Gasteiger partial charge on any atom is 0.173 e. The van der Waals surface area contributed by atoms with E-state index in [-0.39, 0.29) is 6.04 Å². The van der Waals surface area contributed by atoms with Crippen LogP contribution in [-0.2, 0) is 0 Å². The monoisotopic (exact) mass is 249 g/mol. The minimum absolute atomic E-state index is 0.116. The van der Waals surface area contributed by atoms with E-state index in [0.29, 0.717) is 0 Å². The zero-order valence-corrected chi connectivity index (χ0v) is 10.9. The Morgan fingerprint density at radius 3 is 2.59 bits per heavy atom. The zero-order chi connectivity index (χ0) is 12.3. The fourth-order valence-corrected chi connectivity index (χ4v) is 1.91. The Hall–Kier alpha value is -1.40. The molecule has 0 saturated carbocycles. The van der Waals surface area contributed by atoms with E-state index in [1.807, 2.05) is 26.1 Å². The van der Waals surface area contributed by atoms with Gasteiger partial charge in [-0.05, 0) is 54.9 Å². The molecule has 6 heteroatoms. The highest BCUT2D eigenvalue weighted by Crippen LogP contribution is 2.18. The third-order valence-electron chi connectivity index (χ3n) is 2.63. The molecule has 0 fully saturated rings. The average molecular weight is 249 g/mol. The van der Waals surface area contributed by atoms with Crippen LogP contribution in [0.3, 0.4) is 0 Å². The van der Waals surface area contributed by atoms with Gasteiger partial charge in [-0.2, -0.15) is 4.68 Å². The summed E-state index contributed by atoms with van der Waals surface area (Å²) in [6.45, 7) is 2.03. The second kappa shape index (κ2) is 5.29. The normalized spacial score (nSPS) is 12.6. The van der Waals surface area contributed by atoms with Crippen molar-refractivity contribution in [1.29, 1.82) is 0 Å².